The number of amides is 1. The smallest absolute Gasteiger partial charge is 0.300 e. The van der Waals surface area contributed by atoms with Crippen molar-refractivity contribution in [3.8, 4) is 0 Å². The molecule has 1 aliphatic carbocycles. The molecule has 0 saturated heterocycles. The second-order valence-corrected chi connectivity index (χ2v) is 6.22. The van der Waals surface area contributed by atoms with Crippen LogP contribution < -0.4 is 5.73 Å². The first-order valence-electron chi connectivity index (χ1n) is 6.71. The number of carboxylic acid groups (broad SMARTS) is 1. The highest BCUT2D eigenvalue weighted by molar-refractivity contribution is 7.09. The lowest BCUT2D eigenvalue weighted by Crippen LogP contribution is -2.32. The van der Waals surface area contributed by atoms with Gasteiger partial charge in [0, 0.05) is 30.8 Å². The Morgan fingerprint density at radius 3 is 2.52 bits per heavy atom. The molecular formula is C14H22N2O4S. The summed E-state index contributed by atoms with van der Waals surface area (Å²) in [5, 5.41) is 19.0. The molecule has 1 amide bonds. The molecule has 0 spiro atoms. The molecule has 0 bridgehead atoms. The van der Waals surface area contributed by atoms with Gasteiger partial charge < -0.3 is 20.8 Å². The van der Waals surface area contributed by atoms with Crippen LogP contribution in [0.5, 0.6) is 0 Å². The average molecular weight is 314 g/mol. The number of carbonyl (C=O) groups is 2. The minimum atomic E-state index is -0.833. The monoisotopic (exact) mass is 314 g/mol. The second-order valence-electron chi connectivity index (χ2n) is 5.19. The number of thiophene rings is 1. The fourth-order valence-corrected chi connectivity index (χ4v) is 3.03. The van der Waals surface area contributed by atoms with Crippen molar-refractivity contribution in [2.24, 2.45) is 11.7 Å². The van der Waals surface area contributed by atoms with Gasteiger partial charge in [0.25, 0.3) is 5.97 Å². The fraction of sp³-hybridized carbons (Fsp3) is 0.571. The Bertz CT molecular complexity index is 450. The molecule has 3 atom stereocenters. The van der Waals surface area contributed by atoms with E-state index in [-0.39, 0.29) is 17.9 Å². The summed E-state index contributed by atoms with van der Waals surface area (Å²) in [7, 11) is 1.80. The van der Waals surface area contributed by atoms with E-state index in [4.69, 9.17) is 15.6 Å². The van der Waals surface area contributed by atoms with Crippen molar-refractivity contribution in [2.75, 3.05) is 7.05 Å². The molecular weight excluding hydrogens is 292 g/mol. The highest BCUT2D eigenvalue weighted by atomic mass is 32.1. The maximum atomic E-state index is 12.1. The minimum absolute atomic E-state index is 0.0883. The maximum absolute atomic E-state index is 12.1. The summed E-state index contributed by atoms with van der Waals surface area (Å²) < 4.78 is 0. The quantitative estimate of drug-likeness (QED) is 0.769. The first-order valence-corrected chi connectivity index (χ1v) is 7.59. The van der Waals surface area contributed by atoms with Crippen LogP contribution in [0.3, 0.4) is 0 Å². The Morgan fingerprint density at radius 2 is 2.10 bits per heavy atom. The number of aliphatic hydroxyl groups is 1. The van der Waals surface area contributed by atoms with Crippen LogP contribution in [-0.2, 0) is 16.1 Å². The molecule has 0 aromatic carbocycles. The van der Waals surface area contributed by atoms with Gasteiger partial charge in [-0.05, 0) is 24.3 Å². The van der Waals surface area contributed by atoms with Crippen LogP contribution in [0, 0.1) is 5.92 Å². The van der Waals surface area contributed by atoms with Gasteiger partial charge in [0.15, 0.2) is 0 Å². The number of nitrogens with two attached hydrogens (primary N) is 1. The van der Waals surface area contributed by atoms with Gasteiger partial charge in [-0.2, -0.15) is 0 Å². The van der Waals surface area contributed by atoms with Crippen LogP contribution in [-0.4, -0.2) is 46.2 Å². The third-order valence-corrected chi connectivity index (χ3v) is 4.14. The molecule has 118 valence electrons. The molecule has 2 rings (SSSR count). The normalized spacial score (nSPS) is 24.1. The van der Waals surface area contributed by atoms with Gasteiger partial charge in [-0.3, -0.25) is 9.59 Å². The molecule has 0 aliphatic heterocycles. The molecule has 1 aromatic heterocycles. The van der Waals surface area contributed by atoms with Gasteiger partial charge in [-0.1, -0.05) is 6.07 Å². The van der Waals surface area contributed by atoms with E-state index in [1.54, 1.807) is 23.3 Å². The average Bonchev–Trinajstić information content (AvgIpc) is 2.99. The van der Waals surface area contributed by atoms with Gasteiger partial charge in [0.1, 0.15) is 0 Å². The Labute approximate surface area is 128 Å². The zero-order valence-corrected chi connectivity index (χ0v) is 13.0. The summed E-state index contributed by atoms with van der Waals surface area (Å²) in [5.41, 5.74) is 5.72. The van der Waals surface area contributed by atoms with Gasteiger partial charge in [-0.25, -0.2) is 0 Å². The predicted molar refractivity (Wildman–Crippen MR) is 80.8 cm³/mol. The van der Waals surface area contributed by atoms with E-state index in [2.05, 4.69) is 0 Å². The van der Waals surface area contributed by atoms with Gasteiger partial charge in [0.2, 0.25) is 5.91 Å². The van der Waals surface area contributed by atoms with Crippen LogP contribution in [0.25, 0.3) is 0 Å². The van der Waals surface area contributed by atoms with Crippen LogP contribution >= 0.6 is 11.3 Å². The number of carbonyl (C=O) groups excluding carboxylic acids is 1. The fourth-order valence-electron chi connectivity index (χ4n) is 2.28. The lowest BCUT2D eigenvalue weighted by atomic mass is 10.1. The topological polar surface area (TPSA) is 104 Å². The van der Waals surface area contributed by atoms with Gasteiger partial charge >= 0.3 is 0 Å². The summed E-state index contributed by atoms with van der Waals surface area (Å²) in [6, 6.07) is 3.75. The highest BCUT2D eigenvalue weighted by Crippen LogP contribution is 2.27. The van der Waals surface area contributed by atoms with Crippen LogP contribution in [0.4, 0.5) is 0 Å². The van der Waals surface area contributed by atoms with E-state index in [0.717, 1.165) is 6.92 Å². The first kappa shape index (κ1) is 17.6. The Morgan fingerprint density at radius 1 is 1.48 bits per heavy atom. The number of carboxylic acids is 1. The molecule has 7 heteroatoms. The summed E-state index contributed by atoms with van der Waals surface area (Å²) in [4.78, 5) is 24.0. The van der Waals surface area contributed by atoms with Crippen LogP contribution in [0.1, 0.15) is 24.6 Å². The largest absolute Gasteiger partial charge is 0.481 e. The van der Waals surface area contributed by atoms with E-state index in [0.29, 0.717) is 19.4 Å². The molecule has 1 saturated carbocycles. The molecule has 1 aliphatic rings. The maximum Gasteiger partial charge on any atom is 0.300 e. The lowest BCUT2D eigenvalue weighted by molar-refractivity contribution is -0.135. The molecule has 21 heavy (non-hydrogen) atoms. The predicted octanol–water partition coefficient (Wildman–Crippen LogP) is 0.896. The van der Waals surface area contributed by atoms with Crippen molar-refractivity contribution in [1.29, 1.82) is 0 Å². The van der Waals surface area contributed by atoms with Crippen molar-refractivity contribution in [3.05, 3.63) is 22.4 Å². The molecule has 1 fully saturated rings. The second kappa shape index (κ2) is 8.11. The standard InChI is InChI=1S/C12H18N2O2S.C2H4O2/c1-14(7-9-3-2-4-17-9)12(16)8-5-10(13)11(15)6-8;1-2(3)4/h2-4,8,10-11,15H,5-7,13H2,1H3;1H3,(H,3,4)/t8-,10+,11+;/m0./s1. The summed E-state index contributed by atoms with van der Waals surface area (Å²) in [6.07, 6.45) is 0.558. The van der Waals surface area contributed by atoms with Crippen LogP contribution in [0.2, 0.25) is 0 Å². The molecule has 4 N–H and O–H groups in total. The van der Waals surface area contributed by atoms with E-state index in [9.17, 15) is 9.90 Å². The molecule has 0 unspecified atom stereocenters. The van der Waals surface area contributed by atoms with Crippen LogP contribution in [0.15, 0.2) is 17.5 Å². The van der Waals surface area contributed by atoms with Crippen molar-refractivity contribution >= 4 is 23.2 Å². The van der Waals surface area contributed by atoms with E-state index < -0.39 is 12.1 Å². The molecule has 0 radical (unpaired) electrons. The summed E-state index contributed by atoms with van der Waals surface area (Å²) in [6.45, 7) is 1.72. The minimum Gasteiger partial charge on any atom is -0.481 e. The van der Waals surface area contributed by atoms with E-state index in [1.807, 2.05) is 17.5 Å². The zero-order chi connectivity index (χ0) is 16.0. The summed E-state index contributed by atoms with van der Waals surface area (Å²) in [5.74, 6) is -0.865. The zero-order valence-electron chi connectivity index (χ0n) is 12.2. The number of rotatable bonds is 3. The summed E-state index contributed by atoms with van der Waals surface area (Å²) >= 11 is 1.64. The van der Waals surface area contributed by atoms with Gasteiger partial charge in [0.05, 0.1) is 12.6 Å². The molecule has 1 heterocycles. The third-order valence-electron chi connectivity index (χ3n) is 3.28. The molecule has 6 nitrogen and oxygen atoms in total. The lowest BCUT2D eigenvalue weighted by Gasteiger charge is -2.20. The third kappa shape index (κ3) is 5.82. The number of hydrogen-bond acceptors (Lipinski definition) is 5. The van der Waals surface area contributed by atoms with Crippen molar-refractivity contribution in [2.45, 2.75) is 38.5 Å². The van der Waals surface area contributed by atoms with E-state index in [1.165, 1.54) is 4.88 Å². The Balaban J connectivity index is 0.000000491. The number of nitrogens with zero attached hydrogens (tertiary/aromatic N) is 1. The first-order chi connectivity index (χ1) is 9.81. The van der Waals surface area contributed by atoms with Crippen molar-refractivity contribution in [1.82, 2.24) is 4.90 Å². The Kier molecular flexibility index (Phi) is 6.80. The van der Waals surface area contributed by atoms with Crippen molar-refractivity contribution < 1.29 is 19.8 Å². The SMILES string of the molecule is CC(=O)O.CN(Cc1cccs1)C(=O)[C@H]1C[C@@H](N)[C@H](O)C1. The van der Waals surface area contributed by atoms with Crippen molar-refractivity contribution in [3.63, 3.8) is 0 Å². The van der Waals surface area contributed by atoms with E-state index >= 15 is 0 Å². The number of aliphatic hydroxyl groups excluding tert-OH is 1. The number of aliphatic carboxylic acids is 1. The van der Waals surface area contributed by atoms with Gasteiger partial charge in [-0.15, -0.1) is 11.3 Å². The number of hydrogen-bond donors (Lipinski definition) is 3. The highest BCUT2D eigenvalue weighted by Gasteiger charge is 2.35. The Hall–Kier alpha value is -1.44. The molecule has 1 aromatic rings.